The molecule has 0 saturated carbocycles. The van der Waals surface area contributed by atoms with E-state index >= 15 is 0 Å². The zero-order chi connectivity index (χ0) is 15.5. The molecule has 0 radical (unpaired) electrons. The highest BCUT2D eigenvalue weighted by molar-refractivity contribution is 6.30. The molecule has 1 aliphatic rings. The number of aryl methyl sites for hydroxylation is 1. The molecule has 0 spiro atoms. The number of carbonyl (C=O) groups excluding carboxylic acids is 1. The molecule has 0 N–H and O–H groups in total. The van der Waals surface area contributed by atoms with Gasteiger partial charge in [-0.05, 0) is 60.1 Å². The molecule has 3 rings (SSSR count). The highest BCUT2D eigenvalue weighted by Crippen LogP contribution is 2.28. The number of ether oxygens (including phenoxy) is 1. The monoisotopic (exact) mass is 314 g/mol. The number of benzene rings is 2. The fourth-order valence-electron chi connectivity index (χ4n) is 3.17. The van der Waals surface area contributed by atoms with Crippen LogP contribution in [0, 0.1) is 5.92 Å². The largest absolute Gasteiger partial charge is 0.469 e. The quantitative estimate of drug-likeness (QED) is 0.793. The van der Waals surface area contributed by atoms with E-state index in [9.17, 15) is 4.79 Å². The number of carbonyl (C=O) groups is 1. The van der Waals surface area contributed by atoms with E-state index in [0.29, 0.717) is 0 Å². The summed E-state index contributed by atoms with van der Waals surface area (Å²) in [6.45, 7) is 0. The van der Waals surface area contributed by atoms with E-state index in [1.165, 1.54) is 29.4 Å². The van der Waals surface area contributed by atoms with Gasteiger partial charge in [0.2, 0.25) is 0 Å². The van der Waals surface area contributed by atoms with Gasteiger partial charge in [0.25, 0.3) is 0 Å². The van der Waals surface area contributed by atoms with Gasteiger partial charge in [-0.1, -0.05) is 41.9 Å². The van der Waals surface area contributed by atoms with Gasteiger partial charge in [0.1, 0.15) is 0 Å². The average molecular weight is 315 g/mol. The van der Waals surface area contributed by atoms with E-state index in [2.05, 4.69) is 24.3 Å². The highest BCUT2D eigenvalue weighted by atomic mass is 35.5. The lowest BCUT2D eigenvalue weighted by Gasteiger charge is -2.23. The molecule has 1 atom stereocenters. The van der Waals surface area contributed by atoms with Crippen molar-refractivity contribution in [2.45, 2.75) is 25.7 Å². The Kier molecular flexibility index (Phi) is 4.49. The van der Waals surface area contributed by atoms with Gasteiger partial charge in [-0.25, -0.2) is 0 Å². The molecule has 2 nitrogen and oxygen atoms in total. The molecule has 0 aromatic heterocycles. The van der Waals surface area contributed by atoms with Crippen LogP contribution in [-0.2, 0) is 28.8 Å². The zero-order valence-corrected chi connectivity index (χ0v) is 13.4. The maximum atomic E-state index is 11.8. The lowest BCUT2D eigenvalue weighted by Crippen LogP contribution is -2.23. The first-order chi connectivity index (χ1) is 10.7. The summed E-state index contributed by atoms with van der Waals surface area (Å²) >= 11 is 6.04. The SMILES string of the molecule is COC(=O)C1CCc2ccc(Cc3cccc(Cl)c3)cc2C1. The van der Waals surface area contributed by atoms with E-state index in [-0.39, 0.29) is 11.9 Å². The van der Waals surface area contributed by atoms with Crippen molar-refractivity contribution in [2.24, 2.45) is 5.92 Å². The van der Waals surface area contributed by atoms with Crippen molar-refractivity contribution in [1.29, 1.82) is 0 Å². The molecule has 2 aromatic carbocycles. The van der Waals surface area contributed by atoms with Gasteiger partial charge in [0.15, 0.2) is 0 Å². The molecule has 0 bridgehead atoms. The summed E-state index contributed by atoms with van der Waals surface area (Å²) in [6, 6.07) is 14.6. The standard InChI is InChI=1S/C19H19ClO2/c1-22-19(21)16-8-7-15-6-5-14(10-17(15)12-16)9-13-3-2-4-18(20)11-13/h2-6,10-11,16H,7-9,12H2,1H3. The number of hydrogen-bond donors (Lipinski definition) is 0. The third kappa shape index (κ3) is 3.33. The first-order valence-corrected chi connectivity index (χ1v) is 7.96. The molecular formula is C19H19ClO2. The zero-order valence-electron chi connectivity index (χ0n) is 12.6. The highest BCUT2D eigenvalue weighted by Gasteiger charge is 2.25. The molecule has 0 fully saturated rings. The molecule has 114 valence electrons. The first kappa shape index (κ1) is 15.1. The number of halogens is 1. The minimum atomic E-state index is -0.0918. The summed E-state index contributed by atoms with van der Waals surface area (Å²) in [7, 11) is 1.47. The summed E-state index contributed by atoms with van der Waals surface area (Å²) < 4.78 is 4.89. The molecule has 22 heavy (non-hydrogen) atoms. The summed E-state index contributed by atoms with van der Waals surface area (Å²) in [5, 5.41) is 0.765. The maximum Gasteiger partial charge on any atom is 0.309 e. The fourth-order valence-corrected chi connectivity index (χ4v) is 3.38. The van der Waals surface area contributed by atoms with Crippen molar-refractivity contribution < 1.29 is 9.53 Å². The second-order valence-electron chi connectivity index (χ2n) is 5.87. The first-order valence-electron chi connectivity index (χ1n) is 7.58. The summed E-state index contributed by atoms with van der Waals surface area (Å²) in [6.07, 6.45) is 3.47. The average Bonchev–Trinajstić information content (AvgIpc) is 2.53. The minimum Gasteiger partial charge on any atom is -0.469 e. The van der Waals surface area contributed by atoms with Crippen LogP contribution >= 0.6 is 11.6 Å². The Morgan fingerprint density at radius 2 is 2.00 bits per heavy atom. The fraction of sp³-hybridized carbons (Fsp3) is 0.316. The number of rotatable bonds is 3. The molecule has 0 amide bonds. The van der Waals surface area contributed by atoms with Crippen molar-refractivity contribution in [3.8, 4) is 0 Å². The predicted octanol–water partition coefficient (Wildman–Crippen LogP) is 4.21. The Balaban J connectivity index is 1.80. The molecule has 2 aromatic rings. The summed E-state index contributed by atoms with van der Waals surface area (Å²) in [5.74, 6) is -0.0928. The van der Waals surface area contributed by atoms with Crippen LogP contribution in [0.4, 0.5) is 0 Å². The van der Waals surface area contributed by atoms with Gasteiger partial charge in [-0.2, -0.15) is 0 Å². The Hall–Kier alpha value is -1.80. The second-order valence-corrected chi connectivity index (χ2v) is 6.31. The van der Waals surface area contributed by atoms with Gasteiger partial charge < -0.3 is 4.74 Å². The van der Waals surface area contributed by atoms with Crippen molar-refractivity contribution >= 4 is 17.6 Å². The summed E-state index contributed by atoms with van der Waals surface area (Å²) in [4.78, 5) is 11.8. The third-order valence-corrected chi connectivity index (χ3v) is 4.57. The topological polar surface area (TPSA) is 26.3 Å². The van der Waals surface area contributed by atoms with Gasteiger partial charge in [-0.15, -0.1) is 0 Å². The van der Waals surface area contributed by atoms with E-state index in [1.807, 2.05) is 18.2 Å². The van der Waals surface area contributed by atoms with E-state index in [1.54, 1.807) is 0 Å². The number of hydrogen-bond acceptors (Lipinski definition) is 2. The maximum absolute atomic E-state index is 11.8. The second kappa shape index (κ2) is 6.53. The van der Waals surface area contributed by atoms with E-state index < -0.39 is 0 Å². The lowest BCUT2D eigenvalue weighted by atomic mass is 9.83. The van der Waals surface area contributed by atoms with Crippen LogP contribution in [0.5, 0.6) is 0 Å². The Labute approximate surface area is 136 Å². The normalized spacial score (nSPS) is 16.9. The van der Waals surface area contributed by atoms with Crippen LogP contribution < -0.4 is 0 Å². The van der Waals surface area contributed by atoms with Crippen molar-refractivity contribution in [3.63, 3.8) is 0 Å². The molecule has 0 saturated heterocycles. The number of esters is 1. The van der Waals surface area contributed by atoms with Crippen molar-refractivity contribution in [1.82, 2.24) is 0 Å². The van der Waals surface area contributed by atoms with Gasteiger partial charge >= 0.3 is 5.97 Å². The number of methoxy groups -OCH3 is 1. The van der Waals surface area contributed by atoms with Crippen LogP contribution in [0.2, 0.25) is 5.02 Å². The Bertz CT molecular complexity index is 694. The van der Waals surface area contributed by atoms with Crippen LogP contribution in [0.3, 0.4) is 0 Å². The van der Waals surface area contributed by atoms with Gasteiger partial charge in [-0.3, -0.25) is 4.79 Å². The van der Waals surface area contributed by atoms with Gasteiger partial charge in [0, 0.05) is 5.02 Å². The molecule has 0 heterocycles. The number of fused-ring (bicyclic) bond motifs is 1. The van der Waals surface area contributed by atoms with Crippen LogP contribution in [-0.4, -0.2) is 13.1 Å². The van der Waals surface area contributed by atoms with Crippen LogP contribution in [0.25, 0.3) is 0 Å². The van der Waals surface area contributed by atoms with E-state index in [4.69, 9.17) is 16.3 Å². The molecule has 3 heteroatoms. The lowest BCUT2D eigenvalue weighted by molar-refractivity contribution is -0.145. The van der Waals surface area contributed by atoms with Crippen LogP contribution in [0.1, 0.15) is 28.7 Å². The minimum absolute atomic E-state index is 0.00100. The Morgan fingerprint density at radius 3 is 2.77 bits per heavy atom. The van der Waals surface area contributed by atoms with Crippen LogP contribution in [0.15, 0.2) is 42.5 Å². The Morgan fingerprint density at radius 1 is 1.18 bits per heavy atom. The van der Waals surface area contributed by atoms with E-state index in [0.717, 1.165) is 30.7 Å². The smallest absolute Gasteiger partial charge is 0.309 e. The third-order valence-electron chi connectivity index (χ3n) is 4.33. The molecule has 1 aliphatic carbocycles. The molecular weight excluding hydrogens is 296 g/mol. The van der Waals surface area contributed by atoms with Crippen molar-refractivity contribution in [3.05, 3.63) is 69.7 Å². The van der Waals surface area contributed by atoms with Crippen molar-refractivity contribution in [2.75, 3.05) is 7.11 Å². The van der Waals surface area contributed by atoms with Gasteiger partial charge in [0.05, 0.1) is 13.0 Å². The molecule has 1 unspecified atom stereocenters. The summed E-state index contributed by atoms with van der Waals surface area (Å²) in [5.41, 5.74) is 5.09. The predicted molar refractivity (Wildman–Crippen MR) is 88.2 cm³/mol. The molecule has 0 aliphatic heterocycles.